The first-order valence-corrected chi connectivity index (χ1v) is 7.62. The summed E-state index contributed by atoms with van der Waals surface area (Å²) in [5, 5.41) is 5.49. The van der Waals surface area contributed by atoms with Crippen molar-refractivity contribution in [3.63, 3.8) is 0 Å². The fraction of sp³-hybridized carbons (Fsp3) is 0.200. The van der Waals surface area contributed by atoms with Gasteiger partial charge in [-0.3, -0.25) is 16.0 Å². The van der Waals surface area contributed by atoms with Gasteiger partial charge in [0.25, 0.3) is 0 Å². The number of H-pyrrole nitrogens is 1. The number of fused-ring (bicyclic) bond motifs is 1. The number of hydrogen-bond donors (Lipinski definition) is 4. The number of alkyl halides is 3. The first kappa shape index (κ1) is 18.1. The van der Waals surface area contributed by atoms with Crippen molar-refractivity contribution in [2.75, 3.05) is 12.4 Å². The van der Waals surface area contributed by atoms with Gasteiger partial charge in [-0.1, -0.05) is 11.6 Å². The van der Waals surface area contributed by atoms with Crippen molar-refractivity contribution >= 4 is 46.2 Å². The third-order valence-electron chi connectivity index (χ3n) is 3.72. The highest BCUT2D eigenvalue weighted by atomic mass is 35.5. The molecule has 1 atom stereocenters. The molecule has 0 saturated carbocycles. The first-order chi connectivity index (χ1) is 12.2. The van der Waals surface area contributed by atoms with E-state index < -0.39 is 24.1 Å². The number of allylic oxidation sites excluding steroid dienone is 1. The second-order valence-corrected chi connectivity index (χ2v) is 5.70. The van der Waals surface area contributed by atoms with E-state index in [1.54, 1.807) is 0 Å². The number of amides is 1. The minimum absolute atomic E-state index is 0.127. The number of hydrogen-bond acceptors (Lipinski definition) is 5. The van der Waals surface area contributed by atoms with Gasteiger partial charge in [0.05, 0.1) is 34.6 Å². The molecule has 0 aliphatic carbocycles. The van der Waals surface area contributed by atoms with Crippen molar-refractivity contribution in [3.8, 4) is 0 Å². The molecule has 26 heavy (non-hydrogen) atoms. The normalized spacial score (nSPS) is 17.4. The van der Waals surface area contributed by atoms with Crippen molar-refractivity contribution in [2.45, 2.75) is 12.5 Å². The third kappa shape index (κ3) is 3.20. The van der Waals surface area contributed by atoms with Crippen LogP contribution in [0.3, 0.4) is 0 Å². The molecule has 138 valence electrons. The van der Waals surface area contributed by atoms with Gasteiger partial charge >= 0.3 is 12.3 Å². The zero-order valence-electron chi connectivity index (χ0n) is 13.2. The summed E-state index contributed by atoms with van der Waals surface area (Å²) in [6.45, 7) is 0. The van der Waals surface area contributed by atoms with Gasteiger partial charge in [-0.25, -0.2) is 4.79 Å². The highest BCUT2D eigenvalue weighted by Crippen LogP contribution is 2.38. The van der Waals surface area contributed by atoms with Gasteiger partial charge in [0.1, 0.15) is 0 Å². The third-order valence-corrected chi connectivity index (χ3v) is 4.11. The number of aromatic nitrogens is 1. The number of halogens is 4. The second kappa shape index (κ2) is 6.54. The number of benzene rings is 1. The Kier molecular flexibility index (Phi) is 4.55. The number of nitrogens with two attached hydrogens (primary N) is 1. The molecule has 11 heteroatoms. The van der Waals surface area contributed by atoms with Crippen LogP contribution in [0.5, 0.6) is 0 Å². The molecule has 1 unspecified atom stereocenters. The van der Waals surface area contributed by atoms with E-state index in [1.807, 2.05) is 0 Å². The van der Waals surface area contributed by atoms with Gasteiger partial charge in [0.15, 0.2) is 6.29 Å². The predicted octanol–water partition coefficient (Wildman–Crippen LogP) is 3.19. The van der Waals surface area contributed by atoms with Crippen LogP contribution in [0.15, 0.2) is 28.9 Å². The molecule has 7 nitrogen and oxygen atoms in total. The Morgan fingerprint density at radius 3 is 2.81 bits per heavy atom. The molecule has 5 N–H and O–H groups in total. The summed E-state index contributed by atoms with van der Waals surface area (Å²) in [4.78, 5) is 17.7. The second-order valence-electron chi connectivity index (χ2n) is 5.32. The molecule has 0 fully saturated rings. The fourth-order valence-corrected chi connectivity index (χ4v) is 2.81. The maximum Gasteiger partial charge on any atom is 0.419 e. The smallest absolute Gasteiger partial charge is 0.419 e. The van der Waals surface area contributed by atoms with Crippen LogP contribution in [0.25, 0.3) is 16.6 Å². The summed E-state index contributed by atoms with van der Waals surface area (Å²) in [5.41, 5.74) is 5.26. The van der Waals surface area contributed by atoms with Crippen LogP contribution in [0, 0.1) is 0 Å². The van der Waals surface area contributed by atoms with Crippen LogP contribution in [0.2, 0.25) is 5.02 Å². The molecule has 0 spiro atoms. The highest BCUT2D eigenvalue weighted by molar-refractivity contribution is 6.38. The molecule has 0 radical (unpaired) electrons. The highest BCUT2D eigenvalue weighted by Gasteiger charge is 2.38. The van der Waals surface area contributed by atoms with Crippen LogP contribution >= 0.6 is 11.6 Å². The minimum Gasteiger partial charge on any atom is -0.453 e. The minimum atomic E-state index is -4.62. The number of carbonyl (C=O) groups is 1. The largest absolute Gasteiger partial charge is 0.453 e. The number of methoxy groups -OCH3 is 1. The number of carbonyl (C=O) groups excluding carboxylic acids is 1. The number of rotatable bonds is 2. The van der Waals surface area contributed by atoms with E-state index in [4.69, 9.17) is 17.3 Å². The lowest BCUT2D eigenvalue weighted by molar-refractivity contribution is -0.0855. The Labute approximate surface area is 150 Å². The van der Waals surface area contributed by atoms with Crippen molar-refractivity contribution < 1.29 is 22.7 Å². The van der Waals surface area contributed by atoms with E-state index in [0.717, 1.165) is 0 Å². The van der Waals surface area contributed by atoms with Gasteiger partial charge in [-0.15, -0.1) is 0 Å². The van der Waals surface area contributed by atoms with Gasteiger partial charge in [-0.05, 0) is 12.1 Å². The average molecular weight is 388 g/mol. The quantitative estimate of drug-likeness (QED) is 0.635. The maximum atomic E-state index is 13.3. The molecule has 3 rings (SSSR count). The van der Waals surface area contributed by atoms with E-state index in [1.165, 1.54) is 25.4 Å². The Hall–Kier alpha value is -2.72. The van der Waals surface area contributed by atoms with Crippen LogP contribution in [0.4, 0.5) is 23.7 Å². The summed E-state index contributed by atoms with van der Waals surface area (Å²) >= 11 is 6.24. The number of aliphatic imine (C=N–C) groups is 1. The summed E-state index contributed by atoms with van der Waals surface area (Å²) in [5.74, 6) is 0. The maximum absolute atomic E-state index is 13.3. The lowest BCUT2D eigenvalue weighted by atomic mass is 10.0. The molecule has 1 aliphatic heterocycles. The molecule has 1 aliphatic rings. The van der Waals surface area contributed by atoms with E-state index in [2.05, 4.69) is 25.3 Å². The Morgan fingerprint density at radius 2 is 2.15 bits per heavy atom. The predicted molar refractivity (Wildman–Crippen MR) is 91.9 cm³/mol. The van der Waals surface area contributed by atoms with Crippen LogP contribution in [-0.4, -0.2) is 36.9 Å². The fourth-order valence-electron chi connectivity index (χ4n) is 2.55. The van der Waals surface area contributed by atoms with Gasteiger partial charge in [-0.2, -0.15) is 13.2 Å². The van der Waals surface area contributed by atoms with Gasteiger partial charge in [0.2, 0.25) is 0 Å². The molecule has 0 saturated heterocycles. The van der Waals surface area contributed by atoms with E-state index in [-0.39, 0.29) is 22.0 Å². The molecule has 1 aromatic carbocycles. The lowest BCUT2D eigenvalue weighted by Crippen LogP contribution is -2.39. The molecular formula is C15H13ClF3N5O2. The first-order valence-electron chi connectivity index (χ1n) is 7.24. The molecule has 1 amide bonds. The zero-order valence-corrected chi connectivity index (χ0v) is 14.0. The van der Waals surface area contributed by atoms with Crippen molar-refractivity contribution in [3.05, 3.63) is 34.5 Å². The van der Waals surface area contributed by atoms with Crippen molar-refractivity contribution in [2.24, 2.45) is 10.7 Å². The summed E-state index contributed by atoms with van der Waals surface area (Å²) in [7, 11) is 1.19. The Balaban J connectivity index is 2.14. The monoisotopic (exact) mass is 387 g/mol. The van der Waals surface area contributed by atoms with E-state index >= 15 is 0 Å². The van der Waals surface area contributed by atoms with Gasteiger partial charge < -0.3 is 15.0 Å². The number of anilines is 1. The zero-order chi connectivity index (χ0) is 19.1. The van der Waals surface area contributed by atoms with Crippen molar-refractivity contribution in [1.82, 2.24) is 10.3 Å². The Bertz CT molecular complexity index is 935. The molecule has 2 aromatic rings. The standard InChI is InChI=1S/C15H13ClF3N5O2/c1-26-14(25)23-9-3-2-6-7(4-21-12(6)10(9)16)11-8(15(17,18)19)5-22-13(20)24-11/h2-5,13,21,24H,20H2,1H3,(H,23,25). The van der Waals surface area contributed by atoms with E-state index in [0.29, 0.717) is 17.1 Å². The summed E-state index contributed by atoms with van der Waals surface area (Å²) in [6.07, 6.45) is -4.28. The summed E-state index contributed by atoms with van der Waals surface area (Å²) in [6, 6.07) is 2.99. The topological polar surface area (TPSA) is 105 Å². The van der Waals surface area contributed by atoms with Gasteiger partial charge in [0, 0.05) is 23.4 Å². The van der Waals surface area contributed by atoms with Crippen LogP contribution in [0.1, 0.15) is 5.56 Å². The van der Waals surface area contributed by atoms with Crippen LogP contribution < -0.4 is 16.4 Å². The molecule has 0 bridgehead atoms. The number of ether oxygens (including phenoxy) is 1. The Morgan fingerprint density at radius 1 is 1.42 bits per heavy atom. The summed E-state index contributed by atoms with van der Waals surface area (Å²) < 4.78 is 44.4. The van der Waals surface area contributed by atoms with Crippen molar-refractivity contribution in [1.29, 1.82) is 0 Å². The molecule has 1 aromatic heterocycles. The molecule has 2 heterocycles. The lowest BCUT2D eigenvalue weighted by Gasteiger charge is -2.23. The van der Waals surface area contributed by atoms with E-state index in [9.17, 15) is 18.0 Å². The molecular weight excluding hydrogens is 375 g/mol. The average Bonchev–Trinajstić information content (AvgIpc) is 3.00. The number of nitrogens with one attached hydrogen (secondary N) is 3. The number of nitrogens with zero attached hydrogens (tertiary/aromatic N) is 1. The number of aromatic amines is 1. The SMILES string of the molecule is COC(=O)Nc1ccc2c(C3=C(C(F)(F)F)C=NC(N)N3)c[nH]c2c1Cl. The van der Waals surface area contributed by atoms with Crippen LogP contribution in [-0.2, 0) is 4.74 Å².